The number of rotatable bonds is 7. The first-order valence-electron chi connectivity index (χ1n) is 5.43. The van der Waals surface area contributed by atoms with Crippen LogP contribution in [-0.4, -0.2) is 19.2 Å². The number of carbonyl (C=O) groups is 1. The molecule has 0 atom stereocenters. The van der Waals surface area contributed by atoms with Gasteiger partial charge in [-0.2, -0.15) is 4.89 Å². The van der Waals surface area contributed by atoms with E-state index in [1.54, 1.807) is 0 Å². The predicted molar refractivity (Wildman–Crippen MR) is 63.4 cm³/mol. The average Bonchev–Trinajstić information content (AvgIpc) is 2.38. The Morgan fingerprint density at radius 2 is 1.94 bits per heavy atom. The molecule has 0 bridgehead atoms. The zero-order valence-electron chi connectivity index (χ0n) is 9.85. The molecule has 17 heavy (non-hydrogen) atoms. The maximum atomic E-state index is 11.1. The normalized spacial score (nSPS) is 9.71. The van der Waals surface area contributed by atoms with Gasteiger partial charge in [0.05, 0.1) is 0 Å². The van der Waals surface area contributed by atoms with Crippen molar-refractivity contribution in [3.8, 4) is 5.75 Å². The minimum absolute atomic E-state index is 0.178. The first kappa shape index (κ1) is 13.3. The van der Waals surface area contributed by atoms with E-state index in [9.17, 15) is 4.79 Å². The third-order valence-corrected chi connectivity index (χ3v) is 2.03. The van der Waals surface area contributed by atoms with E-state index in [4.69, 9.17) is 9.62 Å². The molecule has 0 aliphatic carbocycles. The number of hydrogen-bond acceptors (Lipinski definition) is 4. The summed E-state index contributed by atoms with van der Waals surface area (Å²) in [4.78, 5) is 20.3. The van der Waals surface area contributed by atoms with E-state index in [1.807, 2.05) is 37.3 Å². The van der Waals surface area contributed by atoms with Crippen LogP contribution in [0, 0.1) is 0 Å². The Morgan fingerprint density at radius 1 is 1.24 bits per heavy atom. The topological polar surface area (TPSA) is 44.8 Å². The van der Waals surface area contributed by atoms with Gasteiger partial charge in [0.25, 0.3) is 0 Å². The van der Waals surface area contributed by atoms with Gasteiger partial charge in [-0.3, -0.25) is 4.89 Å². The second-order valence-electron chi connectivity index (χ2n) is 3.31. The largest absolute Gasteiger partial charge is 0.491 e. The molecule has 4 heteroatoms. The Kier molecular flexibility index (Phi) is 5.82. The van der Waals surface area contributed by atoms with Crippen molar-refractivity contribution in [1.82, 2.24) is 0 Å². The summed E-state index contributed by atoms with van der Waals surface area (Å²) >= 11 is 0. The molecule has 1 aromatic rings. The molecular weight excluding hydrogens is 220 g/mol. The molecule has 0 unspecified atom stereocenters. The van der Waals surface area contributed by atoms with E-state index in [2.05, 4.69) is 11.5 Å². The van der Waals surface area contributed by atoms with Crippen molar-refractivity contribution in [2.45, 2.75) is 13.3 Å². The summed E-state index contributed by atoms with van der Waals surface area (Å²) in [6, 6.07) is 9.33. The Hall–Kier alpha value is -1.81. The summed E-state index contributed by atoms with van der Waals surface area (Å²) in [5, 5.41) is 0. The Labute approximate surface area is 101 Å². The highest BCUT2D eigenvalue weighted by atomic mass is 17.2. The molecule has 0 N–H and O–H groups in total. The number of carbonyl (C=O) groups excluding carboxylic acids is 1. The minimum Gasteiger partial charge on any atom is -0.491 e. The van der Waals surface area contributed by atoms with E-state index in [0.717, 1.165) is 5.75 Å². The molecular formula is C13H16O4. The van der Waals surface area contributed by atoms with Crippen LogP contribution in [0.1, 0.15) is 13.3 Å². The van der Waals surface area contributed by atoms with E-state index in [-0.39, 0.29) is 6.61 Å². The van der Waals surface area contributed by atoms with Crippen molar-refractivity contribution in [2.75, 3.05) is 13.2 Å². The van der Waals surface area contributed by atoms with E-state index in [1.165, 1.54) is 0 Å². The van der Waals surface area contributed by atoms with Crippen molar-refractivity contribution in [2.24, 2.45) is 0 Å². The maximum Gasteiger partial charge on any atom is 0.368 e. The van der Waals surface area contributed by atoms with Crippen molar-refractivity contribution in [1.29, 1.82) is 0 Å². The fraction of sp³-hybridized carbons (Fsp3) is 0.308. The third-order valence-electron chi connectivity index (χ3n) is 2.03. The number of benzene rings is 1. The van der Waals surface area contributed by atoms with Crippen molar-refractivity contribution < 1.29 is 19.3 Å². The second kappa shape index (κ2) is 7.46. The Balaban J connectivity index is 2.09. The average molecular weight is 236 g/mol. The summed E-state index contributed by atoms with van der Waals surface area (Å²) in [6.07, 6.45) is 0.544. The van der Waals surface area contributed by atoms with Crippen molar-refractivity contribution in [3.63, 3.8) is 0 Å². The lowest BCUT2D eigenvalue weighted by molar-refractivity contribution is -0.270. The van der Waals surface area contributed by atoms with Crippen LogP contribution >= 0.6 is 0 Å². The van der Waals surface area contributed by atoms with Gasteiger partial charge in [-0.1, -0.05) is 31.7 Å². The summed E-state index contributed by atoms with van der Waals surface area (Å²) in [5.74, 6) is 0.215. The van der Waals surface area contributed by atoms with Crippen LogP contribution in [0.2, 0.25) is 0 Å². The van der Waals surface area contributed by atoms with Crippen LogP contribution in [0.25, 0.3) is 0 Å². The molecule has 0 radical (unpaired) electrons. The smallest absolute Gasteiger partial charge is 0.368 e. The van der Waals surface area contributed by atoms with Gasteiger partial charge < -0.3 is 4.74 Å². The fourth-order valence-corrected chi connectivity index (χ4v) is 1.01. The fourth-order valence-electron chi connectivity index (χ4n) is 1.01. The van der Waals surface area contributed by atoms with E-state index >= 15 is 0 Å². The molecule has 0 spiro atoms. The van der Waals surface area contributed by atoms with Crippen LogP contribution in [0.3, 0.4) is 0 Å². The van der Waals surface area contributed by atoms with Gasteiger partial charge in [0.15, 0.2) is 0 Å². The zero-order valence-corrected chi connectivity index (χ0v) is 9.85. The first-order chi connectivity index (χ1) is 8.24. The van der Waals surface area contributed by atoms with Gasteiger partial charge in [0.2, 0.25) is 0 Å². The molecule has 1 aromatic carbocycles. The van der Waals surface area contributed by atoms with Gasteiger partial charge in [-0.25, -0.2) is 4.79 Å². The second-order valence-corrected chi connectivity index (χ2v) is 3.31. The third kappa shape index (κ3) is 5.17. The van der Waals surface area contributed by atoms with Crippen LogP contribution in [0.15, 0.2) is 42.5 Å². The quantitative estimate of drug-likeness (QED) is 0.316. The Bertz CT molecular complexity index is 359. The molecule has 0 heterocycles. The molecule has 4 nitrogen and oxygen atoms in total. The van der Waals surface area contributed by atoms with Crippen molar-refractivity contribution in [3.05, 3.63) is 42.5 Å². The van der Waals surface area contributed by atoms with E-state index < -0.39 is 5.97 Å². The summed E-state index contributed by atoms with van der Waals surface area (Å²) in [5.41, 5.74) is 0.383. The van der Waals surface area contributed by atoms with E-state index in [0.29, 0.717) is 18.6 Å². The highest BCUT2D eigenvalue weighted by molar-refractivity contribution is 5.87. The molecule has 0 aliphatic rings. The van der Waals surface area contributed by atoms with Gasteiger partial charge in [0.1, 0.15) is 19.0 Å². The first-order valence-corrected chi connectivity index (χ1v) is 5.43. The minimum atomic E-state index is -0.535. The van der Waals surface area contributed by atoms with Gasteiger partial charge >= 0.3 is 5.97 Å². The number of para-hydroxylation sites is 1. The van der Waals surface area contributed by atoms with Crippen LogP contribution in [-0.2, 0) is 14.6 Å². The van der Waals surface area contributed by atoms with Crippen LogP contribution in [0.4, 0.5) is 0 Å². The Morgan fingerprint density at radius 3 is 2.59 bits per heavy atom. The molecule has 0 saturated carbocycles. The molecule has 0 aromatic heterocycles. The molecule has 0 fully saturated rings. The predicted octanol–water partition coefficient (Wildman–Crippen LogP) is 2.51. The molecule has 0 amide bonds. The molecule has 92 valence electrons. The van der Waals surface area contributed by atoms with Gasteiger partial charge in [0, 0.05) is 5.57 Å². The number of hydrogen-bond donors (Lipinski definition) is 0. The lowest BCUT2D eigenvalue weighted by Crippen LogP contribution is -2.12. The standard InChI is InChI=1S/C13H16O4/c1-3-11(2)13(14)17-16-10-9-15-12-7-5-4-6-8-12/h4-8H,2-3,9-10H2,1H3. The highest BCUT2D eigenvalue weighted by Gasteiger charge is 2.06. The maximum absolute atomic E-state index is 11.1. The van der Waals surface area contributed by atoms with Crippen LogP contribution < -0.4 is 4.74 Å². The SMILES string of the molecule is C=C(CC)C(=O)OOCCOc1ccccc1. The highest BCUT2D eigenvalue weighted by Crippen LogP contribution is 2.07. The molecule has 0 aliphatic heterocycles. The van der Waals surface area contributed by atoms with Crippen LogP contribution in [0.5, 0.6) is 5.75 Å². The van der Waals surface area contributed by atoms with Gasteiger partial charge in [-0.15, -0.1) is 0 Å². The summed E-state index contributed by atoms with van der Waals surface area (Å²) in [6.45, 7) is 5.85. The lowest BCUT2D eigenvalue weighted by atomic mass is 10.2. The zero-order chi connectivity index (χ0) is 12.5. The summed E-state index contributed by atoms with van der Waals surface area (Å²) in [7, 11) is 0. The monoisotopic (exact) mass is 236 g/mol. The van der Waals surface area contributed by atoms with Crippen molar-refractivity contribution >= 4 is 5.97 Å². The molecule has 1 rings (SSSR count). The molecule has 0 saturated heterocycles. The van der Waals surface area contributed by atoms with Gasteiger partial charge in [-0.05, 0) is 18.6 Å². The number of ether oxygens (including phenoxy) is 1. The lowest BCUT2D eigenvalue weighted by Gasteiger charge is -2.06. The summed E-state index contributed by atoms with van der Waals surface area (Å²) < 4.78 is 5.34.